The fraction of sp³-hybridized carbons (Fsp3) is 0.444. The van der Waals surface area contributed by atoms with E-state index in [1.54, 1.807) is 17.1 Å². The molecule has 1 aliphatic rings. The van der Waals surface area contributed by atoms with Crippen molar-refractivity contribution in [2.75, 3.05) is 0 Å². The zero-order valence-corrected chi connectivity index (χ0v) is 8.47. The molecule has 1 aromatic heterocycles. The van der Waals surface area contributed by atoms with Crippen LogP contribution in [0.3, 0.4) is 0 Å². The Kier molecular flexibility index (Phi) is 1.99. The number of imidazole rings is 1. The molecular formula is C9H11N3O3. The first-order chi connectivity index (χ1) is 7.03. The molecule has 15 heavy (non-hydrogen) atoms. The van der Waals surface area contributed by atoms with Gasteiger partial charge in [-0.25, -0.2) is 9.78 Å². The average molecular weight is 209 g/mol. The number of aryl methyl sites for hydroxylation is 1. The fourth-order valence-corrected chi connectivity index (χ4v) is 1.43. The van der Waals surface area contributed by atoms with E-state index in [9.17, 15) is 4.79 Å². The van der Waals surface area contributed by atoms with E-state index < -0.39 is 11.6 Å². The number of oxime groups is 1. The number of carboxylic acid groups (broad SMARTS) is 1. The van der Waals surface area contributed by atoms with E-state index >= 15 is 0 Å². The molecule has 1 unspecified atom stereocenters. The number of rotatable bonds is 2. The molecule has 2 rings (SSSR count). The molecule has 80 valence electrons. The largest absolute Gasteiger partial charge is 0.478 e. The van der Waals surface area contributed by atoms with Gasteiger partial charge in [0.15, 0.2) is 0 Å². The van der Waals surface area contributed by atoms with E-state index in [0.29, 0.717) is 5.71 Å². The SMILES string of the molecule is Cn1cncc1C1=NOC(C)(C(=O)O)C1. The van der Waals surface area contributed by atoms with Gasteiger partial charge in [-0.15, -0.1) is 0 Å². The number of carboxylic acids is 1. The average Bonchev–Trinajstić information content (AvgIpc) is 2.73. The van der Waals surface area contributed by atoms with Crippen LogP contribution >= 0.6 is 0 Å². The van der Waals surface area contributed by atoms with Gasteiger partial charge in [0, 0.05) is 13.5 Å². The molecule has 1 aliphatic heterocycles. The number of carbonyl (C=O) groups is 1. The lowest BCUT2D eigenvalue weighted by Crippen LogP contribution is -2.35. The number of aliphatic carboxylic acids is 1. The molecule has 0 fully saturated rings. The monoisotopic (exact) mass is 209 g/mol. The van der Waals surface area contributed by atoms with Crippen LogP contribution in [-0.2, 0) is 16.7 Å². The zero-order valence-electron chi connectivity index (χ0n) is 8.47. The Hall–Kier alpha value is -1.85. The van der Waals surface area contributed by atoms with Crippen LogP contribution in [0.5, 0.6) is 0 Å². The molecule has 1 N–H and O–H groups in total. The number of hydrogen-bond acceptors (Lipinski definition) is 4. The van der Waals surface area contributed by atoms with Gasteiger partial charge >= 0.3 is 5.97 Å². The summed E-state index contributed by atoms with van der Waals surface area (Å²) in [7, 11) is 1.82. The van der Waals surface area contributed by atoms with Crippen LogP contribution in [0.1, 0.15) is 19.0 Å². The molecule has 0 aromatic carbocycles. The molecule has 0 spiro atoms. The van der Waals surface area contributed by atoms with Crippen molar-refractivity contribution >= 4 is 11.7 Å². The molecule has 0 amide bonds. The maximum atomic E-state index is 10.9. The summed E-state index contributed by atoms with van der Waals surface area (Å²) in [6.45, 7) is 1.50. The van der Waals surface area contributed by atoms with E-state index in [-0.39, 0.29) is 6.42 Å². The van der Waals surface area contributed by atoms with Gasteiger partial charge in [-0.2, -0.15) is 0 Å². The van der Waals surface area contributed by atoms with Crippen molar-refractivity contribution in [3.05, 3.63) is 18.2 Å². The van der Waals surface area contributed by atoms with Gasteiger partial charge in [-0.1, -0.05) is 5.16 Å². The summed E-state index contributed by atoms with van der Waals surface area (Å²) in [5, 5.41) is 12.7. The predicted octanol–water partition coefficient (Wildman–Crippen LogP) is 0.388. The van der Waals surface area contributed by atoms with Crippen molar-refractivity contribution in [1.29, 1.82) is 0 Å². The molecule has 6 heteroatoms. The van der Waals surface area contributed by atoms with Gasteiger partial charge in [0.25, 0.3) is 0 Å². The lowest BCUT2D eigenvalue weighted by molar-refractivity contribution is -0.160. The minimum atomic E-state index is -1.25. The van der Waals surface area contributed by atoms with E-state index in [0.717, 1.165) is 5.69 Å². The second-order valence-corrected chi connectivity index (χ2v) is 3.73. The lowest BCUT2D eigenvalue weighted by atomic mass is 9.99. The molecule has 0 bridgehead atoms. The molecule has 1 atom stereocenters. The van der Waals surface area contributed by atoms with Gasteiger partial charge in [0.05, 0.1) is 18.2 Å². The summed E-state index contributed by atoms with van der Waals surface area (Å²) in [4.78, 5) is 19.8. The summed E-state index contributed by atoms with van der Waals surface area (Å²) >= 11 is 0. The quantitative estimate of drug-likeness (QED) is 0.764. The van der Waals surface area contributed by atoms with Gasteiger partial charge < -0.3 is 14.5 Å². The maximum absolute atomic E-state index is 10.9. The Bertz CT molecular complexity index is 438. The Morgan fingerprint density at radius 1 is 1.73 bits per heavy atom. The molecular weight excluding hydrogens is 198 g/mol. The van der Waals surface area contributed by atoms with Gasteiger partial charge in [0.1, 0.15) is 5.71 Å². The highest BCUT2D eigenvalue weighted by atomic mass is 16.7. The number of aromatic nitrogens is 2. The summed E-state index contributed by atoms with van der Waals surface area (Å²) in [5.41, 5.74) is 0.138. The minimum absolute atomic E-state index is 0.252. The van der Waals surface area contributed by atoms with Crippen LogP contribution in [-0.4, -0.2) is 31.9 Å². The van der Waals surface area contributed by atoms with E-state index in [1.165, 1.54) is 6.92 Å². The van der Waals surface area contributed by atoms with Crippen LogP contribution in [0, 0.1) is 0 Å². The summed E-state index contributed by atoms with van der Waals surface area (Å²) in [5.74, 6) is -1.01. The van der Waals surface area contributed by atoms with Crippen LogP contribution in [0.15, 0.2) is 17.7 Å². The third-order valence-corrected chi connectivity index (χ3v) is 2.43. The zero-order chi connectivity index (χ0) is 11.1. The van der Waals surface area contributed by atoms with Crippen LogP contribution in [0.25, 0.3) is 0 Å². The number of hydrogen-bond donors (Lipinski definition) is 1. The first-order valence-electron chi connectivity index (χ1n) is 4.48. The molecule has 0 aliphatic carbocycles. The lowest BCUT2D eigenvalue weighted by Gasteiger charge is -2.14. The van der Waals surface area contributed by atoms with E-state index in [2.05, 4.69) is 10.1 Å². The van der Waals surface area contributed by atoms with Crippen molar-refractivity contribution in [1.82, 2.24) is 9.55 Å². The smallest absolute Gasteiger partial charge is 0.351 e. The first-order valence-corrected chi connectivity index (χ1v) is 4.48. The normalized spacial score (nSPS) is 24.8. The van der Waals surface area contributed by atoms with Crippen LogP contribution in [0.4, 0.5) is 0 Å². The number of nitrogens with zero attached hydrogens (tertiary/aromatic N) is 3. The van der Waals surface area contributed by atoms with E-state index in [1.807, 2.05) is 7.05 Å². The van der Waals surface area contributed by atoms with Crippen molar-refractivity contribution < 1.29 is 14.7 Å². The second-order valence-electron chi connectivity index (χ2n) is 3.73. The molecule has 0 radical (unpaired) electrons. The van der Waals surface area contributed by atoms with Crippen molar-refractivity contribution in [3.63, 3.8) is 0 Å². The van der Waals surface area contributed by atoms with Crippen LogP contribution < -0.4 is 0 Å². The Morgan fingerprint density at radius 3 is 2.93 bits per heavy atom. The Labute approximate surface area is 86.2 Å². The van der Waals surface area contributed by atoms with Gasteiger partial charge in [-0.05, 0) is 6.92 Å². The van der Waals surface area contributed by atoms with Crippen molar-refractivity contribution in [3.8, 4) is 0 Å². The van der Waals surface area contributed by atoms with Gasteiger partial charge in [0.2, 0.25) is 5.60 Å². The Morgan fingerprint density at radius 2 is 2.47 bits per heavy atom. The summed E-state index contributed by atoms with van der Waals surface area (Å²) in [6, 6.07) is 0. The van der Waals surface area contributed by atoms with Crippen molar-refractivity contribution in [2.24, 2.45) is 12.2 Å². The van der Waals surface area contributed by atoms with Gasteiger partial charge in [-0.3, -0.25) is 0 Å². The summed E-state index contributed by atoms with van der Waals surface area (Å²) < 4.78 is 1.77. The van der Waals surface area contributed by atoms with E-state index in [4.69, 9.17) is 9.94 Å². The molecule has 0 saturated heterocycles. The molecule has 2 heterocycles. The van der Waals surface area contributed by atoms with Crippen LogP contribution in [0.2, 0.25) is 0 Å². The third kappa shape index (κ3) is 1.47. The highest BCUT2D eigenvalue weighted by molar-refractivity contribution is 6.03. The molecule has 6 nitrogen and oxygen atoms in total. The highest BCUT2D eigenvalue weighted by Crippen LogP contribution is 2.26. The Balaban J connectivity index is 2.24. The first kappa shape index (κ1) is 9.70. The highest BCUT2D eigenvalue weighted by Gasteiger charge is 2.42. The molecule has 0 saturated carbocycles. The minimum Gasteiger partial charge on any atom is -0.478 e. The summed E-state index contributed by atoms with van der Waals surface area (Å²) in [6.07, 6.45) is 3.52. The maximum Gasteiger partial charge on any atom is 0.351 e. The third-order valence-electron chi connectivity index (χ3n) is 2.43. The predicted molar refractivity (Wildman–Crippen MR) is 51.5 cm³/mol. The fourth-order valence-electron chi connectivity index (χ4n) is 1.43. The van der Waals surface area contributed by atoms with Crippen molar-refractivity contribution in [2.45, 2.75) is 18.9 Å². The second kappa shape index (κ2) is 3.08. The standard InChI is InChI=1S/C9H11N3O3/c1-9(8(13)14)3-6(11-15-9)7-4-10-5-12(7)2/h4-5H,3H2,1-2H3,(H,13,14). The topological polar surface area (TPSA) is 76.7 Å². The molecule has 1 aromatic rings.